The maximum absolute atomic E-state index is 12.8. The maximum Gasteiger partial charge on any atom is 0.262 e. The minimum absolute atomic E-state index is 0.0539. The molecule has 1 heterocycles. The minimum atomic E-state index is -3.80. The van der Waals surface area contributed by atoms with E-state index < -0.39 is 10.0 Å². The van der Waals surface area contributed by atoms with Gasteiger partial charge in [0.2, 0.25) is 0 Å². The largest absolute Gasteiger partial charge is 0.345 e. The zero-order valence-corrected chi connectivity index (χ0v) is 16.1. The Kier molecular flexibility index (Phi) is 5.04. The second kappa shape index (κ2) is 7.11. The molecular formula is C18H24N4O3S. The summed E-state index contributed by atoms with van der Waals surface area (Å²) in [5.74, 6) is -0.243. The molecule has 0 bridgehead atoms. The zero-order valence-electron chi connectivity index (χ0n) is 15.3. The van der Waals surface area contributed by atoms with Gasteiger partial charge in [0, 0.05) is 19.7 Å². The number of nitrogens with zero attached hydrogens (tertiary/aromatic N) is 3. The Labute approximate surface area is 154 Å². The van der Waals surface area contributed by atoms with Gasteiger partial charge in [-0.15, -0.1) is 0 Å². The number of amides is 1. The van der Waals surface area contributed by atoms with Crippen LogP contribution in [0.2, 0.25) is 0 Å². The van der Waals surface area contributed by atoms with Crippen LogP contribution in [-0.2, 0) is 10.0 Å². The smallest absolute Gasteiger partial charge is 0.262 e. The SMILES string of the molecule is Cc1c(NS(=O)(=O)c2cccc(C(=O)N(C)C)c2)cnn1C1CCCC1. The lowest BCUT2D eigenvalue weighted by molar-refractivity contribution is 0.0827. The highest BCUT2D eigenvalue weighted by Gasteiger charge is 2.23. The van der Waals surface area contributed by atoms with Crippen LogP contribution in [0.15, 0.2) is 35.4 Å². The molecule has 140 valence electrons. The number of sulfonamides is 1. The molecule has 7 nitrogen and oxygen atoms in total. The highest BCUT2D eigenvalue weighted by atomic mass is 32.2. The second-order valence-electron chi connectivity index (χ2n) is 6.86. The number of carbonyl (C=O) groups is 1. The first-order valence-corrected chi connectivity index (χ1v) is 10.2. The van der Waals surface area contributed by atoms with Crippen LogP contribution in [-0.4, -0.2) is 43.1 Å². The van der Waals surface area contributed by atoms with Crippen molar-refractivity contribution in [2.24, 2.45) is 0 Å². The number of aromatic nitrogens is 2. The Balaban J connectivity index is 1.86. The summed E-state index contributed by atoms with van der Waals surface area (Å²) in [6.45, 7) is 1.87. The summed E-state index contributed by atoms with van der Waals surface area (Å²) in [5.41, 5.74) is 1.61. The molecule has 1 aromatic heterocycles. The number of carbonyl (C=O) groups excluding carboxylic acids is 1. The molecule has 1 aliphatic rings. The molecule has 0 spiro atoms. The average molecular weight is 376 g/mol. The highest BCUT2D eigenvalue weighted by Crippen LogP contribution is 2.32. The summed E-state index contributed by atoms with van der Waals surface area (Å²) in [5, 5.41) is 4.37. The molecule has 1 amide bonds. The van der Waals surface area contributed by atoms with E-state index in [1.54, 1.807) is 32.4 Å². The molecule has 1 saturated carbocycles. The van der Waals surface area contributed by atoms with Crippen LogP contribution in [0.5, 0.6) is 0 Å². The fourth-order valence-corrected chi connectivity index (χ4v) is 4.45. The van der Waals surface area contributed by atoms with Crippen LogP contribution in [0.3, 0.4) is 0 Å². The van der Waals surface area contributed by atoms with Crippen molar-refractivity contribution in [3.8, 4) is 0 Å². The zero-order chi connectivity index (χ0) is 18.9. The van der Waals surface area contributed by atoms with E-state index in [0.29, 0.717) is 17.3 Å². The van der Waals surface area contributed by atoms with Crippen molar-refractivity contribution in [3.63, 3.8) is 0 Å². The third-order valence-corrected chi connectivity index (χ3v) is 6.12. The molecule has 3 rings (SSSR count). The first kappa shape index (κ1) is 18.4. The molecule has 2 aromatic rings. The Morgan fingerprint density at radius 2 is 1.96 bits per heavy atom. The minimum Gasteiger partial charge on any atom is -0.345 e. The van der Waals surface area contributed by atoms with E-state index in [1.807, 2.05) is 11.6 Å². The van der Waals surface area contributed by atoms with Gasteiger partial charge in [-0.05, 0) is 38.0 Å². The molecule has 26 heavy (non-hydrogen) atoms. The van der Waals surface area contributed by atoms with Crippen LogP contribution < -0.4 is 4.72 Å². The first-order valence-electron chi connectivity index (χ1n) is 8.68. The standard InChI is InChI=1S/C18H24N4O3S/c1-13-17(12-19-22(13)15-8-4-5-9-15)20-26(24,25)16-10-6-7-14(11-16)18(23)21(2)3/h6-7,10-12,15,20H,4-5,8-9H2,1-3H3. The van der Waals surface area contributed by atoms with Crippen molar-refractivity contribution in [3.05, 3.63) is 41.7 Å². The van der Waals surface area contributed by atoms with Crippen LogP contribution in [0, 0.1) is 6.92 Å². The number of rotatable bonds is 5. The van der Waals surface area contributed by atoms with Crippen molar-refractivity contribution in [2.45, 2.75) is 43.5 Å². The quantitative estimate of drug-likeness (QED) is 0.870. The maximum atomic E-state index is 12.8. The van der Waals surface area contributed by atoms with Crippen LogP contribution >= 0.6 is 0 Å². The topological polar surface area (TPSA) is 84.3 Å². The summed E-state index contributed by atoms with van der Waals surface area (Å²) < 4.78 is 30.0. The summed E-state index contributed by atoms with van der Waals surface area (Å²) >= 11 is 0. The number of hydrogen-bond acceptors (Lipinski definition) is 4. The lowest BCUT2D eigenvalue weighted by Gasteiger charge is -2.14. The molecule has 0 unspecified atom stereocenters. The van der Waals surface area contributed by atoms with Gasteiger partial charge in [0.1, 0.15) is 0 Å². The predicted octanol–water partition coefficient (Wildman–Crippen LogP) is 2.81. The number of anilines is 1. The van der Waals surface area contributed by atoms with Crippen LogP contribution in [0.4, 0.5) is 5.69 Å². The van der Waals surface area contributed by atoms with E-state index in [4.69, 9.17) is 0 Å². The van der Waals surface area contributed by atoms with Gasteiger partial charge in [-0.2, -0.15) is 5.10 Å². The molecule has 0 radical (unpaired) electrons. The van der Waals surface area contributed by atoms with E-state index >= 15 is 0 Å². The van der Waals surface area contributed by atoms with Crippen molar-refractivity contribution in [2.75, 3.05) is 18.8 Å². The molecule has 0 atom stereocenters. The van der Waals surface area contributed by atoms with E-state index in [0.717, 1.165) is 18.5 Å². The van der Waals surface area contributed by atoms with Crippen molar-refractivity contribution in [1.82, 2.24) is 14.7 Å². The highest BCUT2D eigenvalue weighted by molar-refractivity contribution is 7.92. The van der Waals surface area contributed by atoms with Gasteiger partial charge in [-0.1, -0.05) is 18.9 Å². The van der Waals surface area contributed by atoms with Gasteiger partial charge in [0.05, 0.1) is 28.5 Å². The molecule has 1 fully saturated rings. The first-order chi connectivity index (χ1) is 12.3. The van der Waals surface area contributed by atoms with Gasteiger partial charge >= 0.3 is 0 Å². The van der Waals surface area contributed by atoms with E-state index in [-0.39, 0.29) is 10.8 Å². The molecule has 0 saturated heterocycles. The summed E-state index contributed by atoms with van der Waals surface area (Å²) in [7, 11) is -0.547. The van der Waals surface area contributed by atoms with Gasteiger partial charge in [0.25, 0.3) is 15.9 Å². The number of benzene rings is 1. The van der Waals surface area contributed by atoms with Gasteiger partial charge in [-0.3, -0.25) is 14.2 Å². The molecule has 1 aromatic carbocycles. The van der Waals surface area contributed by atoms with Crippen LogP contribution in [0.1, 0.15) is 47.8 Å². The lowest BCUT2D eigenvalue weighted by Crippen LogP contribution is -2.22. The second-order valence-corrected chi connectivity index (χ2v) is 8.54. The molecule has 8 heteroatoms. The van der Waals surface area contributed by atoms with Gasteiger partial charge in [0.15, 0.2) is 0 Å². The Morgan fingerprint density at radius 1 is 1.27 bits per heavy atom. The summed E-state index contributed by atoms with van der Waals surface area (Å²) in [6, 6.07) is 6.38. The van der Waals surface area contributed by atoms with Crippen molar-refractivity contribution in [1.29, 1.82) is 0 Å². The normalized spacial score (nSPS) is 15.2. The third-order valence-electron chi connectivity index (χ3n) is 4.76. The third kappa shape index (κ3) is 3.60. The monoisotopic (exact) mass is 376 g/mol. The van der Waals surface area contributed by atoms with Gasteiger partial charge < -0.3 is 4.90 Å². The van der Waals surface area contributed by atoms with E-state index in [9.17, 15) is 13.2 Å². The predicted molar refractivity (Wildman–Crippen MR) is 99.7 cm³/mol. The molecular weight excluding hydrogens is 352 g/mol. The number of nitrogens with one attached hydrogen (secondary N) is 1. The summed E-state index contributed by atoms with van der Waals surface area (Å²) in [6.07, 6.45) is 6.06. The number of hydrogen-bond donors (Lipinski definition) is 1. The lowest BCUT2D eigenvalue weighted by atomic mass is 10.2. The fraction of sp³-hybridized carbons (Fsp3) is 0.444. The van der Waals surface area contributed by atoms with E-state index in [1.165, 1.54) is 29.9 Å². The van der Waals surface area contributed by atoms with Crippen molar-refractivity contribution >= 4 is 21.6 Å². The molecule has 0 aliphatic heterocycles. The van der Waals surface area contributed by atoms with Crippen molar-refractivity contribution < 1.29 is 13.2 Å². The fourth-order valence-electron chi connectivity index (χ4n) is 3.30. The Bertz CT molecular complexity index is 912. The van der Waals surface area contributed by atoms with Crippen LogP contribution in [0.25, 0.3) is 0 Å². The molecule has 1 aliphatic carbocycles. The molecule has 1 N–H and O–H groups in total. The van der Waals surface area contributed by atoms with Gasteiger partial charge in [-0.25, -0.2) is 8.42 Å². The Hall–Kier alpha value is -2.35. The summed E-state index contributed by atoms with van der Waals surface area (Å²) in [4.78, 5) is 13.5. The average Bonchev–Trinajstić information content (AvgIpc) is 3.25. The van der Waals surface area contributed by atoms with E-state index in [2.05, 4.69) is 9.82 Å². The Morgan fingerprint density at radius 3 is 2.62 bits per heavy atom.